The van der Waals surface area contributed by atoms with Gasteiger partial charge in [-0.15, -0.1) is 0 Å². The standard InChI is InChI=1S/C37H39N3O3/c1-43-37(42)35(23-30-24-39-34-15-5-4-14-33(30)34)40-36(41)28-18-16-25(17-19-28)29-11-7-12-31(22-29)38-21-20-27-10-6-9-26-8-2-3-13-32(26)27/h2-6,8-10,13-19,24,29,31,35,38-39H,7,11-12,20-23H2,1H3,(H,40,41). The molecule has 1 aliphatic carbocycles. The molecule has 1 fully saturated rings. The highest BCUT2D eigenvalue weighted by atomic mass is 16.5. The molecule has 6 rings (SSSR count). The van der Waals surface area contributed by atoms with E-state index in [1.807, 2.05) is 42.6 Å². The van der Waals surface area contributed by atoms with Crippen LogP contribution in [-0.4, -0.2) is 42.6 Å². The summed E-state index contributed by atoms with van der Waals surface area (Å²) in [7, 11) is 1.35. The molecule has 0 aliphatic heterocycles. The number of hydrogen-bond acceptors (Lipinski definition) is 4. The molecule has 3 unspecified atom stereocenters. The third kappa shape index (κ3) is 6.65. The Morgan fingerprint density at radius 2 is 1.65 bits per heavy atom. The van der Waals surface area contributed by atoms with Crippen LogP contribution in [0.3, 0.4) is 0 Å². The summed E-state index contributed by atoms with van der Waals surface area (Å²) >= 11 is 0. The largest absolute Gasteiger partial charge is 0.467 e. The van der Waals surface area contributed by atoms with Crippen LogP contribution in [0, 0.1) is 0 Å². The number of carbonyl (C=O) groups excluding carboxylic acids is 2. The first kappa shape index (κ1) is 28.7. The number of amides is 1. The van der Waals surface area contributed by atoms with E-state index in [1.54, 1.807) is 0 Å². The lowest BCUT2D eigenvalue weighted by molar-refractivity contribution is -0.142. The van der Waals surface area contributed by atoms with E-state index < -0.39 is 12.0 Å². The lowest BCUT2D eigenvalue weighted by atomic mass is 9.81. The van der Waals surface area contributed by atoms with Gasteiger partial charge in [-0.25, -0.2) is 4.79 Å². The zero-order chi connectivity index (χ0) is 29.6. The van der Waals surface area contributed by atoms with Crippen LogP contribution in [0.15, 0.2) is 97.2 Å². The highest BCUT2D eigenvalue weighted by Gasteiger charge is 2.25. The molecule has 0 radical (unpaired) electrons. The van der Waals surface area contributed by atoms with Crippen molar-refractivity contribution in [3.05, 3.63) is 119 Å². The Bertz CT molecular complexity index is 1700. The average molecular weight is 574 g/mol. The lowest BCUT2D eigenvalue weighted by Gasteiger charge is -2.30. The summed E-state index contributed by atoms with van der Waals surface area (Å²) < 4.78 is 5.02. The van der Waals surface area contributed by atoms with E-state index in [0.717, 1.165) is 42.3 Å². The number of benzene rings is 4. The van der Waals surface area contributed by atoms with Gasteiger partial charge in [0, 0.05) is 35.1 Å². The molecule has 3 N–H and O–H groups in total. The Balaban J connectivity index is 1.05. The van der Waals surface area contributed by atoms with Gasteiger partial charge in [0.05, 0.1) is 7.11 Å². The third-order valence-electron chi connectivity index (χ3n) is 8.92. The third-order valence-corrected chi connectivity index (χ3v) is 8.92. The molecule has 0 spiro atoms. The molecular weight excluding hydrogens is 534 g/mol. The second kappa shape index (κ2) is 13.3. The highest BCUT2D eigenvalue weighted by Crippen LogP contribution is 2.33. The second-order valence-electron chi connectivity index (χ2n) is 11.6. The molecule has 1 saturated carbocycles. The first-order valence-electron chi connectivity index (χ1n) is 15.3. The summed E-state index contributed by atoms with van der Waals surface area (Å²) in [6.45, 7) is 0.963. The average Bonchev–Trinajstić information content (AvgIpc) is 3.47. The number of ether oxygens (including phenoxy) is 1. The Kier molecular flexibility index (Phi) is 8.85. The number of H-pyrrole nitrogens is 1. The highest BCUT2D eigenvalue weighted by molar-refractivity contribution is 5.97. The molecule has 3 atom stereocenters. The number of rotatable bonds is 10. The number of nitrogens with one attached hydrogen (secondary N) is 3. The fourth-order valence-electron chi connectivity index (χ4n) is 6.60. The molecule has 5 aromatic rings. The summed E-state index contributed by atoms with van der Waals surface area (Å²) in [6, 6.07) is 30.7. The molecule has 220 valence electrons. The number of para-hydroxylation sites is 1. The van der Waals surface area contributed by atoms with Crippen LogP contribution < -0.4 is 10.6 Å². The first-order valence-corrected chi connectivity index (χ1v) is 15.3. The number of hydrogen-bond donors (Lipinski definition) is 3. The predicted octanol–water partition coefficient (Wildman–Crippen LogP) is 6.69. The molecule has 1 aliphatic rings. The quantitative estimate of drug-likeness (QED) is 0.163. The molecule has 4 aromatic carbocycles. The Morgan fingerprint density at radius 1 is 0.884 bits per heavy atom. The monoisotopic (exact) mass is 573 g/mol. The Hall–Kier alpha value is -4.42. The van der Waals surface area contributed by atoms with Gasteiger partial charge in [0.1, 0.15) is 6.04 Å². The number of esters is 1. The summed E-state index contributed by atoms with van der Waals surface area (Å²) in [4.78, 5) is 29.0. The van der Waals surface area contributed by atoms with Crippen molar-refractivity contribution in [1.82, 2.24) is 15.6 Å². The van der Waals surface area contributed by atoms with Crippen molar-refractivity contribution < 1.29 is 14.3 Å². The van der Waals surface area contributed by atoms with Crippen LogP contribution in [0.4, 0.5) is 0 Å². The van der Waals surface area contributed by atoms with Gasteiger partial charge >= 0.3 is 5.97 Å². The van der Waals surface area contributed by atoms with Crippen LogP contribution in [0.2, 0.25) is 0 Å². The van der Waals surface area contributed by atoms with Crippen molar-refractivity contribution in [1.29, 1.82) is 0 Å². The van der Waals surface area contributed by atoms with E-state index in [9.17, 15) is 9.59 Å². The van der Waals surface area contributed by atoms with Crippen LogP contribution in [0.25, 0.3) is 21.7 Å². The van der Waals surface area contributed by atoms with Crippen molar-refractivity contribution in [3.63, 3.8) is 0 Å². The van der Waals surface area contributed by atoms with Gasteiger partial charge < -0.3 is 20.4 Å². The fraction of sp³-hybridized carbons (Fsp3) is 0.297. The lowest BCUT2D eigenvalue weighted by Crippen LogP contribution is -2.43. The molecule has 1 heterocycles. The number of aromatic amines is 1. The topological polar surface area (TPSA) is 83.2 Å². The summed E-state index contributed by atoms with van der Waals surface area (Å²) in [6.07, 6.45) is 7.87. The second-order valence-corrected chi connectivity index (χ2v) is 11.6. The molecule has 0 saturated heterocycles. The van der Waals surface area contributed by atoms with Crippen LogP contribution in [0.5, 0.6) is 0 Å². The maximum atomic E-state index is 13.2. The molecule has 0 bridgehead atoms. The van der Waals surface area contributed by atoms with Gasteiger partial charge in [0.2, 0.25) is 0 Å². The van der Waals surface area contributed by atoms with E-state index in [1.165, 1.54) is 41.9 Å². The molecule has 1 aromatic heterocycles. The van der Waals surface area contributed by atoms with E-state index in [-0.39, 0.29) is 5.91 Å². The minimum Gasteiger partial charge on any atom is -0.467 e. The zero-order valence-corrected chi connectivity index (χ0v) is 24.6. The van der Waals surface area contributed by atoms with Gasteiger partial charge in [-0.3, -0.25) is 4.79 Å². The Morgan fingerprint density at radius 3 is 2.49 bits per heavy atom. The van der Waals surface area contributed by atoms with Crippen LogP contribution >= 0.6 is 0 Å². The van der Waals surface area contributed by atoms with Crippen molar-refractivity contribution in [3.8, 4) is 0 Å². The predicted molar refractivity (Wildman–Crippen MR) is 172 cm³/mol. The smallest absolute Gasteiger partial charge is 0.328 e. The normalized spacial score (nSPS) is 17.5. The number of fused-ring (bicyclic) bond motifs is 2. The van der Waals surface area contributed by atoms with Crippen LogP contribution in [0.1, 0.15) is 58.6 Å². The minimum atomic E-state index is -0.782. The van der Waals surface area contributed by atoms with Crippen molar-refractivity contribution in [2.75, 3.05) is 13.7 Å². The number of carbonyl (C=O) groups is 2. The molecular formula is C37H39N3O3. The van der Waals surface area contributed by atoms with E-state index in [4.69, 9.17) is 4.74 Å². The van der Waals surface area contributed by atoms with Gasteiger partial charge in [-0.1, -0.05) is 79.2 Å². The van der Waals surface area contributed by atoms with Gasteiger partial charge in [-0.2, -0.15) is 0 Å². The Labute approximate surface area is 252 Å². The van der Waals surface area contributed by atoms with Gasteiger partial charge in [0.15, 0.2) is 0 Å². The van der Waals surface area contributed by atoms with E-state index >= 15 is 0 Å². The number of methoxy groups -OCH3 is 1. The summed E-state index contributed by atoms with van der Waals surface area (Å²) in [5.41, 5.74) is 5.15. The fourth-order valence-corrected chi connectivity index (χ4v) is 6.60. The number of aromatic nitrogens is 1. The summed E-state index contributed by atoms with van der Waals surface area (Å²) in [5, 5.41) is 10.4. The zero-order valence-electron chi connectivity index (χ0n) is 24.6. The SMILES string of the molecule is COC(=O)C(Cc1c[nH]c2ccccc12)NC(=O)c1ccc(C2CCCC(NCCc3cccc4ccccc34)C2)cc1. The molecule has 43 heavy (non-hydrogen) atoms. The van der Waals surface area contributed by atoms with Crippen molar-refractivity contribution in [2.45, 2.75) is 56.5 Å². The maximum absolute atomic E-state index is 13.2. The molecule has 6 nitrogen and oxygen atoms in total. The van der Waals surface area contributed by atoms with E-state index in [2.05, 4.69) is 70.2 Å². The van der Waals surface area contributed by atoms with Crippen LogP contribution in [-0.2, 0) is 22.4 Å². The first-order chi connectivity index (χ1) is 21.1. The van der Waals surface area contributed by atoms with Gasteiger partial charge in [0.25, 0.3) is 5.91 Å². The van der Waals surface area contributed by atoms with Crippen molar-refractivity contribution in [2.24, 2.45) is 0 Å². The van der Waals surface area contributed by atoms with Crippen molar-refractivity contribution >= 4 is 33.6 Å². The summed E-state index contributed by atoms with van der Waals surface area (Å²) in [5.74, 6) is -0.277. The molecule has 6 heteroatoms. The van der Waals surface area contributed by atoms with E-state index in [0.29, 0.717) is 23.9 Å². The molecule has 1 amide bonds. The minimum absolute atomic E-state index is 0.279. The van der Waals surface area contributed by atoms with Gasteiger partial charge in [-0.05, 0) is 83.8 Å². The maximum Gasteiger partial charge on any atom is 0.328 e.